The average Bonchev–Trinajstić information content (AvgIpc) is 3.06. The van der Waals surface area contributed by atoms with Gasteiger partial charge in [-0.25, -0.2) is 0 Å². The van der Waals surface area contributed by atoms with Crippen LogP contribution in [0.15, 0.2) is 65.7 Å². The molecule has 0 spiro atoms. The molecule has 0 unspecified atom stereocenters. The molecule has 0 fully saturated rings. The third kappa shape index (κ3) is 3.26. The molecule has 0 bridgehead atoms. The Labute approximate surface area is 161 Å². The highest BCUT2D eigenvalue weighted by Crippen LogP contribution is 2.27. The third-order valence-corrected chi connectivity index (χ3v) is 5.63. The van der Waals surface area contributed by atoms with E-state index in [9.17, 15) is 4.79 Å². The number of ether oxygens (including phenoxy) is 1. The Kier molecular flexibility index (Phi) is 4.77. The van der Waals surface area contributed by atoms with Gasteiger partial charge in [-0.3, -0.25) is 4.79 Å². The van der Waals surface area contributed by atoms with Gasteiger partial charge >= 0.3 is 0 Å². The van der Waals surface area contributed by atoms with Crippen molar-refractivity contribution in [3.8, 4) is 5.75 Å². The number of benzene rings is 3. The highest BCUT2D eigenvalue weighted by molar-refractivity contribution is 7.17. The Balaban J connectivity index is 1.82. The number of aryl methyl sites for hydroxylation is 1. The molecule has 0 N–H and O–H groups in total. The van der Waals surface area contributed by atoms with Crippen molar-refractivity contribution in [3.63, 3.8) is 0 Å². The van der Waals surface area contributed by atoms with E-state index < -0.39 is 0 Å². The summed E-state index contributed by atoms with van der Waals surface area (Å²) in [4.78, 5) is 17.8. The summed E-state index contributed by atoms with van der Waals surface area (Å²) < 4.78 is 8.69. The van der Waals surface area contributed by atoms with Crippen molar-refractivity contribution in [1.82, 2.24) is 4.57 Å². The summed E-state index contributed by atoms with van der Waals surface area (Å²) in [6.45, 7) is 5.36. The molecule has 3 aromatic carbocycles. The molecule has 1 aromatic heterocycles. The summed E-state index contributed by atoms with van der Waals surface area (Å²) in [6.07, 6.45) is 0. The lowest BCUT2D eigenvalue weighted by Crippen LogP contribution is -2.15. The predicted molar refractivity (Wildman–Crippen MR) is 110 cm³/mol. The van der Waals surface area contributed by atoms with Gasteiger partial charge in [-0.15, -0.1) is 0 Å². The molecule has 136 valence electrons. The maximum absolute atomic E-state index is 12.7. The molecule has 1 heterocycles. The summed E-state index contributed by atoms with van der Waals surface area (Å²) in [6, 6.07) is 19.7. The number of hydrogen-bond donors (Lipinski definition) is 0. The number of hydrogen-bond acceptors (Lipinski definition) is 3. The van der Waals surface area contributed by atoms with Crippen LogP contribution < -0.4 is 9.54 Å². The van der Waals surface area contributed by atoms with Gasteiger partial charge in [0.25, 0.3) is 5.91 Å². The number of amides is 1. The molecule has 4 rings (SSSR count). The maximum Gasteiger partial charge on any atom is 0.279 e. The van der Waals surface area contributed by atoms with Crippen molar-refractivity contribution >= 4 is 38.2 Å². The van der Waals surface area contributed by atoms with Crippen LogP contribution in [0, 0.1) is 0 Å². The molecule has 0 aliphatic heterocycles. The lowest BCUT2D eigenvalue weighted by Gasteiger charge is -2.03. The number of carbonyl (C=O) groups excluding carboxylic acids is 1. The van der Waals surface area contributed by atoms with E-state index in [0.29, 0.717) is 12.2 Å². The molecule has 4 aromatic rings. The quantitative estimate of drug-likeness (QED) is 0.502. The van der Waals surface area contributed by atoms with Crippen LogP contribution in [0.4, 0.5) is 0 Å². The molecular weight excluding hydrogens is 356 g/mol. The second-order valence-corrected chi connectivity index (χ2v) is 7.12. The van der Waals surface area contributed by atoms with Crippen LogP contribution in [0.2, 0.25) is 0 Å². The van der Waals surface area contributed by atoms with Gasteiger partial charge in [0.15, 0.2) is 4.80 Å². The summed E-state index contributed by atoms with van der Waals surface area (Å²) in [7, 11) is 0. The van der Waals surface area contributed by atoms with E-state index >= 15 is 0 Å². The fourth-order valence-corrected chi connectivity index (χ4v) is 4.43. The Morgan fingerprint density at radius 2 is 1.81 bits per heavy atom. The van der Waals surface area contributed by atoms with Crippen molar-refractivity contribution < 1.29 is 9.53 Å². The zero-order valence-electron chi connectivity index (χ0n) is 15.3. The SMILES string of the molecule is CCOc1ccc(C(=O)N=c2sc3c4ccccc4ccc3n2CC)cc1. The van der Waals surface area contributed by atoms with Crippen molar-refractivity contribution in [3.05, 3.63) is 71.0 Å². The Hall–Kier alpha value is -2.92. The Morgan fingerprint density at radius 3 is 2.56 bits per heavy atom. The highest BCUT2D eigenvalue weighted by Gasteiger charge is 2.11. The molecule has 4 nitrogen and oxygen atoms in total. The third-order valence-electron chi connectivity index (χ3n) is 4.50. The first kappa shape index (κ1) is 17.5. The van der Waals surface area contributed by atoms with E-state index in [-0.39, 0.29) is 5.91 Å². The lowest BCUT2D eigenvalue weighted by molar-refractivity contribution is 0.0998. The molecule has 5 heteroatoms. The van der Waals surface area contributed by atoms with E-state index in [0.717, 1.165) is 27.3 Å². The van der Waals surface area contributed by atoms with Crippen LogP contribution >= 0.6 is 11.3 Å². The molecule has 27 heavy (non-hydrogen) atoms. The van der Waals surface area contributed by atoms with Crippen molar-refractivity contribution in [1.29, 1.82) is 0 Å². The number of thiazole rings is 1. The minimum absolute atomic E-state index is 0.240. The van der Waals surface area contributed by atoms with Gasteiger partial charge in [0.1, 0.15) is 5.75 Å². The number of carbonyl (C=O) groups is 1. The van der Waals surface area contributed by atoms with E-state index in [1.165, 1.54) is 10.8 Å². The van der Waals surface area contributed by atoms with E-state index in [1.54, 1.807) is 35.6 Å². The van der Waals surface area contributed by atoms with Gasteiger partial charge in [-0.05, 0) is 49.6 Å². The van der Waals surface area contributed by atoms with Crippen molar-refractivity contribution in [2.75, 3.05) is 6.61 Å². The zero-order chi connectivity index (χ0) is 18.8. The predicted octanol–water partition coefficient (Wildman–Crippen LogP) is 5.02. The van der Waals surface area contributed by atoms with E-state index in [1.807, 2.05) is 19.1 Å². The summed E-state index contributed by atoms with van der Waals surface area (Å²) in [5.41, 5.74) is 1.67. The van der Waals surface area contributed by atoms with Crippen LogP contribution in [0.25, 0.3) is 21.0 Å². The second kappa shape index (κ2) is 7.37. The first-order valence-electron chi connectivity index (χ1n) is 9.04. The first-order valence-corrected chi connectivity index (χ1v) is 9.86. The van der Waals surface area contributed by atoms with Gasteiger partial charge in [0.05, 0.1) is 16.8 Å². The van der Waals surface area contributed by atoms with Gasteiger partial charge in [-0.2, -0.15) is 4.99 Å². The van der Waals surface area contributed by atoms with Crippen LogP contribution in [-0.2, 0) is 6.54 Å². The normalized spacial score (nSPS) is 12.0. The first-order chi connectivity index (χ1) is 13.2. The van der Waals surface area contributed by atoms with Crippen molar-refractivity contribution in [2.45, 2.75) is 20.4 Å². The van der Waals surface area contributed by atoms with E-state index in [2.05, 4.69) is 40.7 Å². The van der Waals surface area contributed by atoms with Gasteiger partial charge in [-0.1, -0.05) is 41.7 Å². The smallest absolute Gasteiger partial charge is 0.279 e. The molecule has 1 amide bonds. The molecule has 0 atom stereocenters. The molecule has 0 aliphatic carbocycles. The minimum atomic E-state index is -0.240. The largest absolute Gasteiger partial charge is 0.494 e. The van der Waals surface area contributed by atoms with Crippen LogP contribution in [0.1, 0.15) is 24.2 Å². The number of aromatic nitrogens is 1. The highest BCUT2D eigenvalue weighted by atomic mass is 32.1. The summed E-state index contributed by atoms with van der Waals surface area (Å²) in [5.74, 6) is 0.516. The van der Waals surface area contributed by atoms with Crippen molar-refractivity contribution in [2.24, 2.45) is 4.99 Å². The maximum atomic E-state index is 12.7. The molecule has 0 saturated heterocycles. The summed E-state index contributed by atoms with van der Waals surface area (Å²) >= 11 is 1.56. The Bertz CT molecular complexity index is 1190. The van der Waals surface area contributed by atoms with Crippen LogP contribution in [0.3, 0.4) is 0 Å². The Morgan fingerprint density at radius 1 is 1.04 bits per heavy atom. The monoisotopic (exact) mass is 376 g/mol. The minimum Gasteiger partial charge on any atom is -0.494 e. The fraction of sp³-hybridized carbons (Fsp3) is 0.182. The zero-order valence-corrected chi connectivity index (χ0v) is 16.1. The lowest BCUT2D eigenvalue weighted by atomic mass is 10.1. The summed E-state index contributed by atoms with van der Waals surface area (Å²) in [5, 5.41) is 2.39. The number of nitrogens with zero attached hydrogens (tertiary/aromatic N) is 2. The molecular formula is C22H20N2O2S. The second-order valence-electron chi connectivity index (χ2n) is 6.14. The average molecular weight is 376 g/mol. The van der Waals surface area contributed by atoms with Gasteiger partial charge < -0.3 is 9.30 Å². The number of rotatable bonds is 4. The number of fused-ring (bicyclic) bond motifs is 3. The molecule has 0 saturated carbocycles. The van der Waals surface area contributed by atoms with Crippen LogP contribution in [-0.4, -0.2) is 17.1 Å². The van der Waals surface area contributed by atoms with Gasteiger partial charge in [0.2, 0.25) is 0 Å². The molecule has 0 radical (unpaired) electrons. The fourth-order valence-electron chi connectivity index (χ4n) is 3.20. The van der Waals surface area contributed by atoms with Gasteiger partial charge in [0, 0.05) is 17.5 Å². The topological polar surface area (TPSA) is 43.6 Å². The molecule has 0 aliphatic rings. The standard InChI is InChI=1S/C22H20N2O2S/c1-3-24-19-14-11-15-7-5-6-8-18(15)20(19)27-22(24)23-21(25)16-9-12-17(13-10-16)26-4-2/h5-14H,3-4H2,1-2H3. The van der Waals surface area contributed by atoms with Crippen LogP contribution in [0.5, 0.6) is 5.75 Å². The van der Waals surface area contributed by atoms with E-state index in [4.69, 9.17) is 4.74 Å².